The minimum atomic E-state index is -0.586. The number of fused-ring (bicyclic) bond motifs is 2. The Balaban J connectivity index is 1.54. The Labute approximate surface area is 209 Å². The van der Waals surface area contributed by atoms with Gasteiger partial charge in [0.25, 0.3) is 0 Å². The molecule has 2 aliphatic heterocycles. The van der Waals surface area contributed by atoms with E-state index >= 15 is 0 Å². The Morgan fingerprint density at radius 2 is 1.79 bits per heavy atom. The summed E-state index contributed by atoms with van der Waals surface area (Å²) in [6, 6.07) is 13.9. The van der Waals surface area contributed by atoms with E-state index in [0.29, 0.717) is 21.0 Å². The summed E-state index contributed by atoms with van der Waals surface area (Å²) >= 11 is 8.17. The normalized spacial score (nSPS) is 21.2. The fourth-order valence-corrected chi connectivity index (χ4v) is 7.36. The molecule has 1 saturated heterocycles. The smallest absolute Gasteiger partial charge is 0.338 e. The minimum absolute atomic E-state index is 0.267. The molecule has 0 unspecified atom stereocenters. The standard InChI is InChI=1S/C24H20N2O5S3/c1-3-31-23(29)13-4-8-14(9-5-13)26-21(27)17-16(12-6-10-15(30-2)11-7-12)18-20(25-24(32)34-18)33-19(17)22(26)28/h4-11,16-17,19H,3H2,1-2H3,(H,25,32)/t16-,17-,19-/m1/s1. The number of imide groups is 1. The van der Waals surface area contributed by atoms with Gasteiger partial charge in [-0.3, -0.25) is 9.59 Å². The Morgan fingerprint density at radius 3 is 2.44 bits per heavy atom. The van der Waals surface area contributed by atoms with Gasteiger partial charge in [0.15, 0.2) is 3.95 Å². The quantitative estimate of drug-likeness (QED) is 0.299. The van der Waals surface area contributed by atoms with Crippen LogP contribution in [0.15, 0.2) is 53.6 Å². The Hall–Kier alpha value is -2.95. The summed E-state index contributed by atoms with van der Waals surface area (Å²) in [5.74, 6) is -1.17. The SMILES string of the molecule is CCOC(=O)c1ccc(N2C(=O)[C@@H]3[C@@H](c4ccc(OC)cc4)c4sc(=S)[nH]c4S[C@H]3C2=O)cc1. The lowest BCUT2D eigenvalue weighted by molar-refractivity contribution is -0.122. The number of hydrogen-bond donors (Lipinski definition) is 1. The maximum absolute atomic E-state index is 13.7. The maximum atomic E-state index is 13.7. The highest BCUT2D eigenvalue weighted by Gasteiger charge is 2.56. The van der Waals surface area contributed by atoms with Gasteiger partial charge >= 0.3 is 5.97 Å². The first-order valence-electron chi connectivity index (χ1n) is 10.6. The third-order valence-electron chi connectivity index (χ3n) is 5.94. The van der Waals surface area contributed by atoms with Crippen LogP contribution in [0.25, 0.3) is 0 Å². The van der Waals surface area contributed by atoms with Crippen LogP contribution in [-0.2, 0) is 14.3 Å². The first-order chi connectivity index (χ1) is 16.4. The van der Waals surface area contributed by atoms with Gasteiger partial charge in [-0.05, 0) is 61.1 Å². The summed E-state index contributed by atoms with van der Waals surface area (Å²) in [7, 11) is 1.60. The second-order valence-electron chi connectivity index (χ2n) is 7.80. The van der Waals surface area contributed by atoms with E-state index in [2.05, 4.69) is 4.98 Å². The van der Waals surface area contributed by atoms with Crippen LogP contribution in [0, 0.1) is 9.87 Å². The van der Waals surface area contributed by atoms with E-state index in [1.165, 1.54) is 28.0 Å². The average Bonchev–Trinajstić information content (AvgIpc) is 3.34. The van der Waals surface area contributed by atoms with E-state index in [4.69, 9.17) is 21.7 Å². The zero-order chi connectivity index (χ0) is 24.0. The predicted molar refractivity (Wildman–Crippen MR) is 132 cm³/mol. The number of nitrogens with zero attached hydrogens (tertiary/aromatic N) is 1. The number of methoxy groups -OCH3 is 1. The molecule has 0 bridgehead atoms. The number of anilines is 1. The molecule has 3 aromatic rings. The lowest BCUT2D eigenvalue weighted by atomic mass is 9.83. The predicted octanol–water partition coefficient (Wildman–Crippen LogP) is 4.79. The first kappa shape index (κ1) is 22.8. The van der Waals surface area contributed by atoms with Crippen molar-refractivity contribution < 1.29 is 23.9 Å². The third kappa shape index (κ3) is 3.75. The molecule has 5 rings (SSSR count). The summed E-state index contributed by atoms with van der Waals surface area (Å²) in [5, 5.41) is 0.245. The second kappa shape index (κ2) is 9.01. The number of thioether (sulfide) groups is 1. The molecule has 0 spiro atoms. The van der Waals surface area contributed by atoms with Crippen molar-refractivity contribution in [2.45, 2.75) is 23.1 Å². The number of aromatic amines is 1. The van der Waals surface area contributed by atoms with Crippen molar-refractivity contribution in [3.8, 4) is 5.75 Å². The van der Waals surface area contributed by atoms with Crippen LogP contribution in [0.2, 0.25) is 0 Å². The molecule has 0 radical (unpaired) electrons. The molecule has 2 aliphatic rings. The largest absolute Gasteiger partial charge is 0.497 e. The molecule has 174 valence electrons. The lowest BCUT2D eigenvalue weighted by Gasteiger charge is -2.30. The topological polar surface area (TPSA) is 88.7 Å². The van der Waals surface area contributed by atoms with Crippen molar-refractivity contribution in [3.63, 3.8) is 0 Å². The molecule has 2 amide bonds. The van der Waals surface area contributed by atoms with E-state index in [0.717, 1.165) is 15.5 Å². The number of benzene rings is 2. The summed E-state index contributed by atoms with van der Waals surface area (Å²) in [5.41, 5.74) is 1.72. The van der Waals surface area contributed by atoms with Crippen LogP contribution < -0.4 is 9.64 Å². The number of thiazole rings is 1. The van der Waals surface area contributed by atoms with Crippen LogP contribution in [0.4, 0.5) is 5.69 Å². The molecule has 0 aliphatic carbocycles. The number of carbonyl (C=O) groups is 3. The van der Waals surface area contributed by atoms with E-state index in [-0.39, 0.29) is 24.3 Å². The Kier molecular flexibility index (Phi) is 6.05. The summed E-state index contributed by atoms with van der Waals surface area (Å²) in [4.78, 5) is 44.6. The van der Waals surface area contributed by atoms with Crippen LogP contribution >= 0.6 is 35.3 Å². The van der Waals surface area contributed by atoms with Crippen molar-refractivity contribution in [2.75, 3.05) is 18.6 Å². The number of hydrogen-bond acceptors (Lipinski definition) is 8. The van der Waals surface area contributed by atoms with Gasteiger partial charge in [-0.2, -0.15) is 0 Å². The molecule has 10 heteroatoms. The molecule has 1 N–H and O–H groups in total. The second-order valence-corrected chi connectivity index (χ2v) is 10.7. The number of H-pyrrole nitrogens is 1. The molecule has 7 nitrogen and oxygen atoms in total. The fraction of sp³-hybridized carbons (Fsp3) is 0.250. The minimum Gasteiger partial charge on any atom is -0.497 e. The number of rotatable bonds is 5. The zero-order valence-corrected chi connectivity index (χ0v) is 20.7. The molecular formula is C24H20N2O5S3. The van der Waals surface area contributed by atoms with Crippen LogP contribution in [-0.4, -0.2) is 41.7 Å². The third-order valence-corrected chi connectivity index (χ3v) is 8.69. The number of carbonyl (C=O) groups excluding carboxylic acids is 3. The summed E-state index contributed by atoms with van der Waals surface area (Å²) < 4.78 is 10.9. The van der Waals surface area contributed by atoms with Crippen LogP contribution in [0.5, 0.6) is 5.75 Å². The zero-order valence-electron chi connectivity index (χ0n) is 18.3. The van der Waals surface area contributed by atoms with Crippen LogP contribution in [0.3, 0.4) is 0 Å². The molecular weight excluding hydrogens is 492 g/mol. The maximum Gasteiger partial charge on any atom is 0.338 e. The number of ether oxygens (including phenoxy) is 2. The highest BCUT2D eigenvalue weighted by atomic mass is 32.2. The summed E-state index contributed by atoms with van der Waals surface area (Å²) in [6.07, 6.45) is 0. The average molecular weight is 513 g/mol. The van der Waals surface area contributed by atoms with E-state index in [1.807, 2.05) is 24.3 Å². The molecule has 2 aromatic carbocycles. The van der Waals surface area contributed by atoms with Gasteiger partial charge in [0, 0.05) is 10.8 Å². The first-order valence-corrected chi connectivity index (χ1v) is 12.7. The van der Waals surface area contributed by atoms with Gasteiger partial charge in [-0.1, -0.05) is 23.9 Å². The van der Waals surface area contributed by atoms with Crippen molar-refractivity contribution in [3.05, 3.63) is 68.5 Å². The monoisotopic (exact) mass is 512 g/mol. The summed E-state index contributed by atoms with van der Waals surface area (Å²) in [6.45, 7) is 2.00. The highest BCUT2D eigenvalue weighted by Crippen LogP contribution is 2.54. The van der Waals surface area contributed by atoms with Gasteiger partial charge < -0.3 is 14.5 Å². The van der Waals surface area contributed by atoms with E-state index < -0.39 is 17.1 Å². The van der Waals surface area contributed by atoms with Gasteiger partial charge in [-0.15, -0.1) is 11.3 Å². The van der Waals surface area contributed by atoms with E-state index in [9.17, 15) is 14.4 Å². The Bertz CT molecular complexity index is 1330. The fourth-order valence-electron chi connectivity index (χ4n) is 4.40. The Morgan fingerprint density at radius 1 is 1.09 bits per heavy atom. The van der Waals surface area contributed by atoms with E-state index in [1.54, 1.807) is 38.3 Å². The van der Waals surface area contributed by atoms with Crippen molar-refractivity contribution in [1.82, 2.24) is 4.98 Å². The molecule has 34 heavy (non-hydrogen) atoms. The molecule has 3 heterocycles. The molecule has 3 atom stereocenters. The number of nitrogens with one attached hydrogen (secondary N) is 1. The van der Waals surface area contributed by atoms with Gasteiger partial charge in [-0.25, -0.2) is 9.69 Å². The molecule has 1 aromatic heterocycles. The number of esters is 1. The number of amides is 2. The van der Waals surface area contributed by atoms with Gasteiger partial charge in [0.1, 0.15) is 11.0 Å². The molecule has 1 fully saturated rings. The number of aromatic nitrogens is 1. The van der Waals surface area contributed by atoms with Gasteiger partial charge in [0.2, 0.25) is 11.8 Å². The van der Waals surface area contributed by atoms with Crippen molar-refractivity contribution >= 4 is 58.8 Å². The lowest BCUT2D eigenvalue weighted by Crippen LogP contribution is -2.32. The van der Waals surface area contributed by atoms with Gasteiger partial charge in [0.05, 0.1) is 35.9 Å². The van der Waals surface area contributed by atoms with Crippen molar-refractivity contribution in [1.29, 1.82) is 0 Å². The molecule has 0 saturated carbocycles. The van der Waals surface area contributed by atoms with Crippen LogP contribution in [0.1, 0.15) is 33.6 Å². The van der Waals surface area contributed by atoms with Crippen molar-refractivity contribution in [2.24, 2.45) is 5.92 Å². The highest BCUT2D eigenvalue weighted by molar-refractivity contribution is 8.01.